The van der Waals surface area contributed by atoms with Crippen molar-refractivity contribution in [2.75, 3.05) is 32.0 Å². The summed E-state index contributed by atoms with van der Waals surface area (Å²) in [5.41, 5.74) is 2.88. The Morgan fingerprint density at radius 3 is 2.04 bits per heavy atom. The molecule has 3 aromatic rings. The zero-order chi connectivity index (χ0) is 19.2. The number of ether oxygens (including phenoxy) is 3. The molecule has 0 spiro atoms. The third-order valence-corrected chi connectivity index (χ3v) is 3.90. The van der Waals surface area contributed by atoms with Gasteiger partial charge >= 0.3 is 0 Å². The number of aryl methyl sites for hydroxylation is 1. The maximum absolute atomic E-state index is 5.37. The number of hydrogen-bond acceptors (Lipinski definition) is 7. The molecular formula is C20H22N4O3. The van der Waals surface area contributed by atoms with Crippen LogP contribution in [0, 0.1) is 6.92 Å². The van der Waals surface area contributed by atoms with Crippen LogP contribution in [0.5, 0.6) is 17.2 Å². The van der Waals surface area contributed by atoms with Gasteiger partial charge in [-0.2, -0.15) is 4.98 Å². The maximum Gasteiger partial charge on any atom is 0.229 e. The molecule has 140 valence electrons. The van der Waals surface area contributed by atoms with Crippen LogP contribution in [0.15, 0.2) is 48.7 Å². The van der Waals surface area contributed by atoms with Crippen LogP contribution in [0.25, 0.3) is 0 Å². The van der Waals surface area contributed by atoms with E-state index in [4.69, 9.17) is 14.2 Å². The normalized spacial score (nSPS) is 10.2. The molecule has 0 aliphatic rings. The van der Waals surface area contributed by atoms with Crippen molar-refractivity contribution >= 4 is 23.1 Å². The Bertz CT molecular complexity index is 888. The standard InChI is InChI=1S/C20H22N4O3/c1-13-5-7-14(8-6-13)22-18-9-10-21-20(24-18)23-15-11-16(25-2)19(27-4)17(12-15)26-3/h5-12H,1-4H3,(H2,21,22,23,24). The highest BCUT2D eigenvalue weighted by atomic mass is 16.5. The molecule has 7 heteroatoms. The minimum Gasteiger partial charge on any atom is -0.493 e. The van der Waals surface area contributed by atoms with Gasteiger partial charge < -0.3 is 24.8 Å². The summed E-state index contributed by atoms with van der Waals surface area (Å²) in [5.74, 6) is 2.76. The number of rotatable bonds is 7. The van der Waals surface area contributed by atoms with Gasteiger partial charge in [-0.25, -0.2) is 4.98 Å². The number of hydrogen-bond donors (Lipinski definition) is 2. The van der Waals surface area contributed by atoms with Crippen LogP contribution in [0.4, 0.5) is 23.1 Å². The molecule has 0 saturated heterocycles. The lowest BCUT2D eigenvalue weighted by molar-refractivity contribution is 0.324. The van der Waals surface area contributed by atoms with E-state index in [2.05, 4.69) is 20.6 Å². The molecule has 0 fully saturated rings. The van der Waals surface area contributed by atoms with Crippen molar-refractivity contribution in [3.8, 4) is 17.2 Å². The molecule has 0 unspecified atom stereocenters. The first-order valence-electron chi connectivity index (χ1n) is 8.36. The lowest BCUT2D eigenvalue weighted by Crippen LogP contribution is -2.02. The van der Waals surface area contributed by atoms with Gasteiger partial charge in [0, 0.05) is 29.7 Å². The van der Waals surface area contributed by atoms with Crippen molar-refractivity contribution in [1.82, 2.24) is 9.97 Å². The molecule has 0 aliphatic carbocycles. The molecule has 0 amide bonds. The Kier molecular flexibility index (Phi) is 5.61. The third kappa shape index (κ3) is 4.38. The van der Waals surface area contributed by atoms with Crippen molar-refractivity contribution in [1.29, 1.82) is 0 Å². The summed E-state index contributed by atoms with van der Waals surface area (Å²) in [5, 5.41) is 6.42. The fourth-order valence-corrected chi connectivity index (χ4v) is 2.56. The fourth-order valence-electron chi connectivity index (χ4n) is 2.56. The summed E-state index contributed by atoms with van der Waals surface area (Å²) in [4.78, 5) is 8.76. The second-order valence-electron chi connectivity index (χ2n) is 5.80. The molecule has 1 aromatic heterocycles. The highest BCUT2D eigenvalue weighted by molar-refractivity contribution is 5.66. The number of methoxy groups -OCH3 is 3. The van der Waals surface area contributed by atoms with Crippen molar-refractivity contribution in [3.63, 3.8) is 0 Å². The van der Waals surface area contributed by atoms with Crippen LogP contribution in [0.3, 0.4) is 0 Å². The molecule has 0 radical (unpaired) electrons. The van der Waals surface area contributed by atoms with E-state index in [0.717, 1.165) is 11.4 Å². The molecule has 2 aromatic carbocycles. The molecule has 0 atom stereocenters. The number of aromatic nitrogens is 2. The predicted octanol–water partition coefficient (Wildman–Crippen LogP) is 4.30. The summed E-state index contributed by atoms with van der Waals surface area (Å²) in [6, 6.07) is 13.5. The molecule has 0 aliphatic heterocycles. The van der Waals surface area contributed by atoms with Crippen LogP contribution in [-0.2, 0) is 0 Å². The topological polar surface area (TPSA) is 77.5 Å². The minimum absolute atomic E-state index is 0.446. The van der Waals surface area contributed by atoms with Gasteiger partial charge in [-0.05, 0) is 25.1 Å². The summed E-state index contributed by atoms with van der Waals surface area (Å²) in [6.07, 6.45) is 1.68. The average molecular weight is 366 g/mol. The molecule has 27 heavy (non-hydrogen) atoms. The Labute approximate surface area is 158 Å². The first-order chi connectivity index (χ1) is 13.1. The Hall–Kier alpha value is -3.48. The third-order valence-electron chi connectivity index (χ3n) is 3.90. The highest BCUT2D eigenvalue weighted by Gasteiger charge is 2.13. The summed E-state index contributed by atoms with van der Waals surface area (Å²) in [7, 11) is 4.71. The SMILES string of the molecule is COc1cc(Nc2nccc(Nc3ccc(C)cc3)n2)cc(OC)c1OC. The number of benzene rings is 2. The van der Waals surface area contributed by atoms with Gasteiger partial charge in [0.15, 0.2) is 11.5 Å². The molecule has 0 bridgehead atoms. The monoisotopic (exact) mass is 366 g/mol. The van der Waals surface area contributed by atoms with Gasteiger partial charge in [0.1, 0.15) is 5.82 Å². The predicted molar refractivity (Wildman–Crippen MR) is 106 cm³/mol. The maximum atomic E-state index is 5.37. The molecule has 2 N–H and O–H groups in total. The summed E-state index contributed by atoms with van der Waals surface area (Å²) in [6.45, 7) is 2.05. The van der Waals surface area contributed by atoms with Crippen LogP contribution in [-0.4, -0.2) is 31.3 Å². The van der Waals surface area contributed by atoms with E-state index < -0.39 is 0 Å². The van der Waals surface area contributed by atoms with Crippen molar-refractivity contribution in [2.45, 2.75) is 6.92 Å². The van der Waals surface area contributed by atoms with Gasteiger partial charge in [-0.15, -0.1) is 0 Å². The number of anilines is 4. The second kappa shape index (κ2) is 8.27. The van der Waals surface area contributed by atoms with E-state index in [1.54, 1.807) is 45.7 Å². The number of nitrogens with one attached hydrogen (secondary N) is 2. The van der Waals surface area contributed by atoms with E-state index in [9.17, 15) is 0 Å². The van der Waals surface area contributed by atoms with E-state index in [1.165, 1.54) is 5.56 Å². The van der Waals surface area contributed by atoms with Crippen LogP contribution >= 0.6 is 0 Å². The van der Waals surface area contributed by atoms with Crippen molar-refractivity contribution < 1.29 is 14.2 Å². The zero-order valence-corrected chi connectivity index (χ0v) is 15.7. The van der Waals surface area contributed by atoms with Gasteiger partial charge in [-0.3, -0.25) is 0 Å². The lowest BCUT2D eigenvalue weighted by atomic mass is 10.2. The fraction of sp³-hybridized carbons (Fsp3) is 0.200. The number of nitrogens with zero attached hydrogens (tertiary/aromatic N) is 2. The second-order valence-corrected chi connectivity index (χ2v) is 5.80. The van der Waals surface area contributed by atoms with Gasteiger partial charge in [0.25, 0.3) is 0 Å². The zero-order valence-electron chi connectivity index (χ0n) is 15.7. The summed E-state index contributed by atoms with van der Waals surface area (Å²) < 4.78 is 16.1. The van der Waals surface area contributed by atoms with E-state index in [1.807, 2.05) is 31.2 Å². The Morgan fingerprint density at radius 2 is 1.44 bits per heavy atom. The van der Waals surface area contributed by atoms with Crippen molar-refractivity contribution in [2.24, 2.45) is 0 Å². The van der Waals surface area contributed by atoms with E-state index in [0.29, 0.717) is 29.0 Å². The van der Waals surface area contributed by atoms with E-state index >= 15 is 0 Å². The minimum atomic E-state index is 0.446. The largest absolute Gasteiger partial charge is 0.493 e. The van der Waals surface area contributed by atoms with E-state index in [-0.39, 0.29) is 0 Å². The van der Waals surface area contributed by atoms with Crippen LogP contribution < -0.4 is 24.8 Å². The molecule has 7 nitrogen and oxygen atoms in total. The molecule has 0 saturated carbocycles. The average Bonchev–Trinajstić information content (AvgIpc) is 2.69. The lowest BCUT2D eigenvalue weighted by Gasteiger charge is -2.15. The van der Waals surface area contributed by atoms with Gasteiger partial charge in [-0.1, -0.05) is 17.7 Å². The van der Waals surface area contributed by atoms with Crippen molar-refractivity contribution in [3.05, 3.63) is 54.2 Å². The molecule has 1 heterocycles. The van der Waals surface area contributed by atoms with Crippen LogP contribution in [0.1, 0.15) is 5.56 Å². The summed E-state index contributed by atoms with van der Waals surface area (Å²) >= 11 is 0. The smallest absolute Gasteiger partial charge is 0.229 e. The quantitative estimate of drug-likeness (QED) is 0.645. The Balaban J connectivity index is 1.82. The first-order valence-corrected chi connectivity index (χ1v) is 8.36. The van der Waals surface area contributed by atoms with Gasteiger partial charge in [0.05, 0.1) is 21.3 Å². The molecule has 3 rings (SSSR count). The van der Waals surface area contributed by atoms with Crippen LogP contribution in [0.2, 0.25) is 0 Å². The Morgan fingerprint density at radius 1 is 0.778 bits per heavy atom. The van der Waals surface area contributed by atoms with Gasteiger partial charge in [0.2, 0.25) is 11.7 Å². The highest BCUT2D eigenvalue weighted by Crippen LogP contribution is 2.40. The first kappa shape index (κ1) is 18.3. The molecular weight excluding hydrogens is 344 g/mol.